The van der Waals surface area contributed by atoms with Gasteiger partial charge >= 0.3 is 0 Å². The smallest absolute Gasteiger partial charge is 0.254 e. The van der Waals surface area contributed by atoms with Gasteiger partial charge in [-0.1, -0.05) is 30.7 Å². The molecule has 15 heteroatoms. The van der Waals surface area contributed by atoms with E-state index in [1.165, 1.54) is 68.8 Å². The fourth-order valence-corrected chi connectivity index (χ4v) is 10.1. The number of nitrogens with one attached hydrogen (secondary N) is 3. The minimum atomic E-state index is -0.442. The Bertz CT molecular complexity index is 2840. The molecule has 3 N–H and O–H groups in total. The number of nitrogens with zero attached hydrogens (tertiary/aromatic N) is 9. The van der Waals surface area contributed by atoms with Crippen molar-refractivity contribution in [2.24, 2.45) is 0 Å². The van der Waals surface area contributed by atoms with Crippen LogP contribution in [0.15, 0.2) is 72.8 Å². The first-order chi connectivity index (χ1) is 34.5. The third-order valence-corrected chi connectivity index (χ3v) is 14.3. The number of H-pyrrole nitrogens is 2. The average Bonchev–Trinajstić information content (AvgIpc) is 4.07. The highest BCUT2D eigenvalue weighted by Gasteiger charge is 2.29. The van der Waals surface area contributed by atoms with Gasteiger partial charge < -0.3 is 20.0 Å². The van der Waals surface area contributed by atoms with Crippen LogP contribution in [-0.4, -0.2) is 104 Å². The molecule has 4 aliphatic heterocycles. The Balaban J connectivity index is 0.000000172. The van der Waals surface area contributed by atoms with Gasteiger partial charge in [-0.3, -0.25) is 19.8 Å². The zero-order chi connectivity index (χ0) is 49.9. The van der Waals surface area contributed by atoms with E-state index in [4.69, 9.17) is 10.5 Å². The Morgan fingerprint density at radius 1 is 0.577 bits per heavy atom. The summed E-state index contributed by atoms with van der Waals surface area (Å²) < 4.78 is 14.5. The molecule has 0 saturated carbocycles. The third-order valence-electron chi connectivity index (χ3n) is 14.3. The fourth-order valence-electron chi connectivity index (χ4n) is 10.1. The van der Waals surface area contributed by atoms with Gasteiger partial charge in [-0.2, -0.15) is 20.7 Å². The lowest BCUT2D eigenvalue weighted by atomic mass is 9.88. The summed E-state index contributed by atoms with van der Waals surface area (Å²) in [6.45, 7) is 14.7. The first kappa shape index (κ1) is 50.2. The van der Waals surface area contributed by atoms with E-state index in [0.29, 0.717) is 58.8 Å². The number of aromatic amines is 2. The van der Waals surface area contributed by atoms with Gasteiger partial charge in [-0.05, 0) is 181 Å². The van der Waals surface area contributed by atoms with Gasteiger partial charge in [0.1, 0.15) is 17.5 Å². The normalized spacial score (nSPS) is 16.5. The van der Waals surface area contributed by atoms with Gasteiger partial charge in [0.05, 0.1) is 28.8 Å². The molecule has 10 rings (SSSR count). The Kier molecular flexibility index (Phi) is 16.7. The summed E-state index contributed by atoms with van der Waals surface area (Å²) in [4.78, 5) is 41.8. The molecule has 4 aliphatic rings. The van der Waals surface area contributed by atoms with Crippen LogP contribution in [0.1, 0.15) is 142 Å². The van der Waals surface area contributed by atoms with Gasteiger partial charge in [0.2, 0.25) is 0 Å². The van der Waals surface area contributed by atoms with Crippen LogP contribution in [0.4, 0.5) is 10.1 Å². The standard InChI is InChI=1S/C28H32N6O.C23H22FN5O.C5H11N/c1-19-16-26(33-12-4-3-5-13-33)25(27-30-20(2)31-32-27)17-24(19)28(35)34-14-10-23(11-15-34)22-8-6-21(18-29)7-9-22;1-14-11-21(24)20(22-26-15(2)27-28-22)12-19(14)23(30)29-9-7-18(8-10-29)17-5-3-16(13-25)4-6-17;1-2-4-6-5-3-1/h6-9,16-17,23H,3-5,10-15H2,1-2H3,(H,30,31,32);3-6,11-12,18H,7-10H2,1-2H3,(H,26,27,28);6H,1-5H2. The monoisotopic (exact) mass is 957 g/mol. The van der Waals surface area contributed by atoms with E-state index >= 15 is 0 Å². The maximum Gasteiger partial charge on any atom is 0.254 e. The maximum absolute atomic E-state index is 14.5. The predicted molar refractivity (Wildman–Crippen MR) is 273 cm³/mol. The number of hydrogen-bond donors (Lipinski definition) is 3. The number of benzene rings is 4. The molecule has 0 aliphatic carbocycles. The molecule has 2 amide bonds. The average molecular weight is 957 g/mol. The number of carbonyl (C=O) groups is 2. The van der Waals surface area contributed by atoms with Gasteiger partial charge in [-0.25, -0.2) is 14.4 Å². The van der Waals surface area contributed by atoms with E-state index in [1.54, 1.807) is 19.9 Å². The number of hydrogen-bond acceptors (Lipinski definition) is 10. The minimum absolute atomic E-state index is 0.0829. The minimum Gasteiger partial charge on any atom is -0.371 e. The van der Waals surface area contributed by atoms with Crippen molar-refractivity contribution in [3.63, 3.8) is 0 Å². The van der Waals surface area contributed by atoms with Crippen molar-refractivity contribution < 1.29 is 14.0 Å². The molecule has 0 atom stereocenters. The van der Waals surface area contributed by atoms with Crippen LogP contribution < -0.4 is 10.2 Å². The molecule has 0 radical (unpaired) electrons. The molecule has 6 heterocycles. The molecule has 4 aromatic carbocycles. The van der Waals surface area contributed by atoms with Crippen molar-refractivity contribution >= 4 is 17.5 Å². The van der Waals surface area contributed by atoms with Crippen LogP contribution in [-0.2, 0) is 0 Å². The second kappa shape index (κ2) is 23.6. The number of piperidine rings is 4. The lowest BCUT2D eigenvalue weighted by molar-refractivity contribution is 0.0704. The van der Waals surface area contributed by atoms with Gasteiger partial charge in [0.25, 0.3) is 11.8 Å². The van der Waals surface area contributed by atoms with Crippen LogP contribution in [0, 0.1) is 56.2 Å². The van der Waals surface area contributed by atoms with E-state index in [-0.39, 0.29) is 23.2 Å². The number of carbonyl (C=O) groups excluding carboxylic acids is 2. The second-order valence-electron chi connectivity index (χ2n) is 19.3. The van der Waals surface area contributed by atoms with E-state index in [2.05, 4.69) is 70.9 Å². The number of anilines is 1. The highest BCUT2D eigenvalue weighted by atomic mass is 19.1. The van der Waals surface area contributed by atoms with E-state index in [9.17, 15) is 14.0 Å². The molecule has 6 aromatic rings. The number of aryl methyl sites for hydroxylation is 4. The van der Waals surface area contributed by atoms with Gasteiger partial charge in [0, 0.05) is 61.6 Å². The quantitative estimate of drug-likeness (QED) is 0.139. The first-order valence-electron chi connectivity index (χ1n) is 25.3. The Hall–Kier alpha value is -7.23. The number of halogens is 1. The number of rotatable bonds is 7. The second-order valence-corrected chi connectivity index (χ2v) is 19.3. The number of aromatic nitrogens is 6. The van der Waals surface area contributed by atoms with Gasteiger partial charge in [0.15, 0.2) is 11.6 Å². The number of likely N-dealkylation sites (tertiary alicyclic amines) is 2. The lowest BCUT2D eigenvalue weighted by Gasteiger charge is -2.34. The number of amides is 2. The van der Waals surface area contributed by atoms with Crippen molar-refractivity contribution in [2.75, 3.05) is 57.3 Å². The summed E-state index contributed by atoms with van der Waals surface area (Å²) in [6.07, 6.45) is 11.4. The fraction of sp³-hybridized carbons (Fsp3) is 0.429. The summed E-state index contributed by atoms with van der Waals surface area (Å²) >= 11 is 0. The lowest BCUT2D eigenvalue weighted by Crippen LogP contribution is -2.38. The molecule has 4 fully saturated rings. The highest BCUT2D eigenvalue weighted by molar-refractivity contribution is 5.99. The molecule has 14 nitrogen and oxygen atoms in total. The third kappa shape index (κ3) is 12.4. The van der Waals surface area contributed by atoms with Gasteiger partial charge in [-0.15, -0.1) is 0 Å². The Labute approximate surface area is 416 Å². The zero-order valence-corrected chi connectivity index (χ0v) is 41.5. The molecule has 2 aromatic heterocycles. The van der Waals surface area contributed by atoms with Crippen molar-refractivity contribution in [3.05, 3.63) is 135 Å². The molecular weight excluding hydrogens is 892 g/mol. The summed E-state index contributed by atoms with van der Waals surface area (Å²) in [5, 5.41) is 35.4. The molecule has 0 spiro atoms. The van der Waals surface area contributed by atoms with E-state index < -0.39 is 5.82 Å². The van der Waals surface area contributed by atoms with E-state index in [0.717, 1.165) is 80.1 Å². The topological polar surface area (TPSA) is 187 Å². The van der Waals surface area contributed by atoms with Crippen molar-refractivity contribution in [2.45, 2.75) is 104 Å². The zero-order valence-electron chi connectivity index (χ0n) is 41.5. The van der Waals surface area contributed by atoms with Crippen LogP contribution in [0.5, 0.6) is 0 Å². The van der Waals surface area contributed by atoms with Crippen LogP contribution in [0.25, 0.3) is 22.8 Å². The van der Waals surface area contributed by atoms with Crippen molar-refractivity contribution in [1.82, 2.24) is 45.5 Å². The summed E-state index contributed by atoms with van der Waals surface area (Å²) in [5.41, 5.74) is 8.87. The molecule has 0 unspecified atom stereocenters. The highest BCUT2D eigenvalue weighted by Crippen LogP contribution is 2.36. The maximum atomic E-state index is 14.5. The number of nitriles is 2. The molecule has 368 valence electrons. The Morgan fingerprint density at radius 2 is 1.01 bits per heavy atom. The molecule has 0 bridgehead atoms. The largest absolute Gasteiger partial charge is 0.371 e. The van der Waals surface area contributed by atoms with Crippen molar-refractivity contribution in [3.8, 4) is 34.9 Å². The predicted octanol–water partition coefficient (Wildman–Crippen LogP) is 9.85. The Morgan fingerprint density at radius 3 is 1.42 bits per heavy atom. The summed E-state index contributed by atoms with van der Waals surface area (Å²) in [6, 6.07) is 26.9. The summed E-state index contributed by atoms with van der Waals surface area (Å²) in [5.74, 6) is 2.58. The SMILES string of the molecule is C1CCNCC1.Cc1nc(-c2cc(C(=O)N3CCC(c4ccc(C#N)cc4)CC3)c(C)cc2F)n[nH]1.Cc1nc(-c2cc(C(=O)N3CCC(c4ccc(C#N)cc4)CC3)c(C)cc2N2CCCCC2)n[nH]1. The van der Waals surface area contributed by atoms with E-state index in [1.807, 2.05) is 66.1 Å². The van der Waals surface area contributed by atoms with Crippen LogP contribution >= 0.6 is 0 Å². The van der Waals surface area contributed by atoms with Crippen molar-refractivity contribution in [1.29, 1.82) is 10.5 Å². The molecule has 4 saturated heterocycles. The van der Waals surface area contributed by atoms with Crippen LogP contribution in [0.3, 0.4) is 0 Å². The van der Waals surface area contributed by atoms with Crippen LogP contribution in [0.2, 0.25) is 0 Å². The summed E-state index contributed by atoms with van der Waals surface area (Å²) in [7, 11) is 0. The molecular formula is C56H65FN12O2. The molecule has 71 heavy (non-hydrogen) atoms. The first-order valence-corrected chi connectivity index (χ1v) is 25.3.